The van der Waals surface area contributed by atoms with Crippen LogP contribution >= 0.6 is 0 Å². The number of nitrogens with one attached hydrogen (secondary N) is 3. The number of fused-ring (bicyclic) bond motifs is 1. The van der Waals surface area contributed by atoms with Gasteiger partial charge in [0, 0.05) is 29.8 Å². The number of hydrogen-bond donors (Lipinski definition) is 4. The highest BCUT2D eigenvalue weighted by Gasteiger charge is 2.36. The van der Waals surface area contributed by atoms with Crippen LogP contribution in [0.3, 0.4) is 0 Å². The Balaban J connectivity index is 1.45. The topological polar surface area (TPSA) is 171 Å². The van der Waals surface area contributed by atoms with E-state index in [2.05, 4.69) is 25.4 Å². The van der Waals surface area contributed by atoms with E-state index in [-0.39, 0.29) is 23.9 Å². The number of imidazole rings is 1. The minimum absolute atomic E-state index is 0.100. The van der Waals surface area contributed by atoms with Gasteiger partial charge >= 0.3 is 6.03 Å². The number of carbonyl (C=O) groups excluding carboxylic acids is 1. The van der Waals surface area contributed by atoms with Crippen molar-refractivity contribution in [3.05, 3.63) is 82.9 Å². The molecule has 2 amide bonds. The van der Waals surface area contributed by atoms with E-state index in [0.717, 1.165) is 11.4 Å². The van der Waals surface area contributed by atoms with E-state index in [4.69, 9.17) is 9.78 Å². The summed E-state index contributed by atoms with van der Waals surface area (Å²) in [5.74, 6) is 0.415. The number of aromatic amines is 1. The van der Waals surface area contributed by atoms with E-state index in [1.165, 1.54) is 12.1 Å². The molecule has 12 heteroatoms. The highest BCUT2D eigenvalue weighted by atomic mass is 16.8. The number of quaternary nitrogens is 1. The van der Waals surface area contributed by atoms with Gasteiger partial charge in [-0.1, -0.05) is 23.4 Å². The van der Waals surface area contributed by atoms with Gasteiger partial charge in [0.2, 0.25) is 11.7 Å². The van der Waals surface area contributed by atoms with Gasteiger partial charge in [0.05, 0.1) is 35.9 Å². The molecule has 0 fully saturated rings. The van der Waals surface area contributed by atoms with Crippen LogP contribution in [-0.2, 0) is 13.0 Å². The molecule has 0 saturated heterocycles. The standard InChI is InChI=1S/C22H18N8O4/c23-10-13-3-1-5-15(7-13)26-22(31)29-11-18-17(24-12-25-18)9-19(29)21-27-20(28-34-21)14-4-2-6-16(8-14)30(32)33/h1-8,12,19,30,32H,9,11H2,(H,24,25)(H,26,31). The second kappa shape index (κ2) is 8.75. The third-order valence-electron chi connectivity index (χ3n) is 5.50. The van der Waals surface area contributed by atoms with Crippen LogP contribution in [0.15, 0.2) is 59.4 Å². The molecule has 2 unspecified atom stereocenters. The first kappa shape index (κ1) is 21.3. The average Bonchev–Trinajstić information content (AvgIpc) is 3.53. The maximum Gasteiger partial charge on any atom is 0.322 e. The van der Waals surface area contributed by atoms with Crippen LogP contribution in [-0.4, -0.2) is 36.2 Å². The summed E-state index contributed by atoms with van der Waals surface area (Å²) in [6.45, 7) is 0.232. The molecule has 1 aliphatic rings. The number of nitrogens with zero attached hydrogens (tertiary/aromatic N) is 5. The molecule has 0 bridgehead atoms. The van der Waals surface area contributed by atoms with Gasteiger partial charge in [-0.3, -0.25) is 0 Å². The lowest BCUT2D eigenvalue weighted by atomic mass is 10.0. The van der Waals surface area contributed by atoms with Gasteiger partial charge in [0.15, 0.2) is 5.69 Å². The monoisotopic (exact) mass is 458 g/mol. The molecule has 2 atom stereocenters. The number of H-pyrrole nitrogens is 1. The zero-order chi connectivity index (χ0) is 23.7. The third-order valence-corrected chi connectivity index (χ3v) is 5.50. The fourth-order valence-electron chi connectivity index (χ4n) is 3.81. The number of anilines is 1. The van der Waals surface area contributed by atoms with E-state index in [9.17, 15) is 15.2 Å². The summed E-state index contributed by atoms with van der Waals surface area (Å²) in [5.41, 5.74) is 3.07. The summed E-state index contributed by atoms with van der Waals surface area (Å²) in [6, 6.07) is 13.9. The second-order valence-corrected chi connectivity index (χ2v) is 7.64. The zero-order valence-corrected chi connectivity index (χ0v) is 17.6. The van der Waals surface area contributed by atoms with Crippen molar-refractivity contribution in [1.82, 2.24) is 25.0 Å². The number of rotatable bonds is 4. The molecule has 0 aliphatic carbocycles. The number of amides is 2. The molecular formula is C22H18N8O4. The van der Waals surface area contributed by atoms with E-state index < -0.39 is 17.3 Å². The number of aromatic nitrogens is 4. The predicted molar refractivity (Wildman–Crippen MR) is 116 cm³/mol. The molecule has 4 aromatic rings. The van der Waals surface area contributed by atoms with E-state index in [1.54, 1.807) is 47.6 Å². The summed E-state index contributed by atoms with van der Waals surface area (Å²) in [7, 11) is 0. The summed E-state index contributed by atoms with van der Waals surface area (Å²) in [4.78, 5) is 26.6. The van der Waals surface area contributed by atoms with E-state index >= 15 is 0 Å². The molecule has 0 radical (unpaired) electrons. The summed E-state index contributed by atoms with van der Waals surface area (Å²) < 4.78 is 5.51. The predicted octanol–water partition coefficient (Wildman–Crippen LogP) is 2.07. The molecule has 2 aromatic heterocycles. The average molecular weight is 458 g/mol. The molecule has 3 heterocycles. The minimum atomic E-state index is -1.06. The Labute approximate surface area is 192 Å². The van der Waals surface area contributed by atoms with Crippen LogP contribution in [0.5, 0.6) is 0 Å². The third kappa shape index (κ3) is 4.09. The lowest BCUT2D eigenvalue weighted by Gasteiger charge is -2.32. The molecule has 1 aliphatic heterocycles. The molecular weight excluding hydrogens is 440 g/mol. The summed E-state index contributed by atoms with van der Waals surface area (Å²) in [6.07, 6.45) is 1.91. The van der Waals surface area contributed by atoms with Gasteiger partial charge in [-0.25, -0.2) is 15.0 Å². The quantitative estimate of drug-likeness (QED) is 0.337. The summed E-state index contributed by atoms with van der Waals surface area (Å²) in [5, 5.41) is 35.4. The van der Waals surface area contributed by atoms with Crippen LogP contribution in [0.1, 0.15) is 28.9 Å². The van der Waals surface area contributed by atoms with Crippen molar-refractivity contribution in [3.8, 4) is 17.5 Å². The normalized spacial score (nSPS) is 15.9. The molecule has 0 spiro atoms. The lowest BCUT2D eigenvalue weighted by molar-refractivity contribution is -0.991. The molecule has 34 heavy (non-hydrogen) atoms. The second-order valence-electron chi connectivity index (χ2n) is 7.64. The first-order chi connectivity index (χ1) is 16.5. The Hall–Kier alpha value is -4.57. The first-order valence-corrected chi connectivity index (χ1v) is 10.3. The van der Waals surface area contributed by atoms with Crippen LogP contribution < -0.4 is 10.5 Å². The number of nitriles is 1. The van der Waals surface area contributed by atoms with Crippen LogP contribution in [0.2, 0.25) is 0 Å². The molecule has 170 valence electrons. The van der Waals surface area contributed by atoms with Crippen LogP contribution in [0.25, 0.3) is 11.4 Å². The fourth-order valence-corrected chi connectivity index (χ4v) is 3.81. The maximum absolute atomic E-state index is 13.2. The maximum atomic E-state index is 13.2. The zero-order valence-electron chi connectivity index (χ0n) is 17.6. The minimum Gasteiger partial charge on any atom is -0.595 e. The SMILES string of the molecule is N#Cc1cccc(NC(=O)N2Cc3[nH]cnc3CC2c2nc(-c3cccc([NH+]([O-])O)c3)no2)c1. The molecule has 12 nitrogen and oxygen atoms in total. The largest absolute Gasteiger partial charge is 0.595 e. The van der Waals surface area contributed by atoms with Crippen molar-refractivity contribution in [2.75, 3.05) is 5.32 Å². The van der Waals surface area contributed by atoms with Crippen LogP contribution in [0.4, 0.5) is 16.2 Å². The van der Waals surface area contributed by atoms with E-state index in [0.29, 0.717) is 23.2 Å². The Morgan fingerprint density at radius 2 is 2.18 bits per heavy atom. The van der Waals surface area contributed by atoms with Gasteiger partial charge in [-0.15, -0.1) is 0 Å². The van der Waals surface area contributed by atoms with Gasteiger partial charge in [-0.05, 0) is 18.2 Å². The van der Waals surface area contributed by atoms with Crippen molar-refractivity contribution in [2.45, 2.75) is 19.0 Å². The smallest absolute Gasteiger partial charge is 0.322 e. The molecule has 4 N–H and O–H groups in total. The Morgan fingerprint density at radius 3 is 3.00 bits per heavy atom. The number of carbonyl (C=O) groups is 1. The highest BCUT2D eigenvalue weighted by Crippen LogP contribution is 2.33. The number of urea groups is 1. The van der Waals surface area contributed by atoms with Crippen molar-refractivity contribution < 1.29 is 19.8 Å². The van der Waals surface area contributed by atoms with Gasteiger partial charge < -0.3 is 24.9 Å². The van der Waals surface area contributed by atoms with Crippen molar-refractivity contribution >= 4 is 17.4 Å². The fraction of sp³-hybridized carbons (Fsp3) is 0.136. The number of hydrogen-bond acceptors (Lipinski definition) is 8. The molecule has 2 aromatic carbocycles. The van der Waals surface area contributed by atoms with Crippen molar-refractivity contribution in [2.24, 2.45) is 0 Å². The van der Waals surface area contributed by atoms with Crippen molar-refractivity contribution in [1.29, 1.82) is 5.26 Å². The van der Waals surface area contributed by atoms with Crippen LogP contribution in [0, 0.1) is 16.5 Å². The Kier molecular flexibility index (Phi) is 5.48. The first-order valence-electron chi connectivity index (χ1n) is 10.3. The molecule has 5 rings (SSSR count). The molecule has 0 saturated carbocycles. The Morgan fingerprint density at radius 1 is 1.32 bits per heavy atom. The van der Waals surface area contributed by atoms with Gasteiger partial charge in [0.1, 0.15) is 6.04 Å². The van der Waals surface area contributed by atoms with Gasteiger partial charge in [0.25, 0.3) is 0 Å². The summed E-state index contributed by atoms with van der Waals surface area (Å²) >= 11 is 0. The number of benzene rings is 2. The van der Waals surface area contributed by atoms with E-state index in [1.807, 2.05) is 6.07 Å². The lowest BCUT2D eigenvalue weighted by Crippen LogP contribution is -2.99. The Bertz CT molecular complexity index is 1390. The highest BCUT2D eigenvalue weighted by molar-refractivity contribution is 5.90. The van der Waals surface area contributed by atoms with Gasteiger partial charge in [-0.2, -0.15) is 15.5 Å². The van der Waals surface area contributed by atoms with Crippen molar-refractivity contribution in [3.63, 3.8) is 0 Å².